The van der Waals surface area contributed by atoms with Gasteiger partial charge in [0.05, 0.1) is 11.0 Å². The second kappa shape index (κ2) is 16.7. The van der Waals surface area contributed by atoms with Gasteiger partial charge < -0.3 is 8.98 Å². The molecule has 3 aromatic heterocycles. The number of hydrogen-bond donors (Lipinski definition) is 0. The number of benzene rings is 11. The molecule has 0 bridgehead atoms. The van der Waals surface area contributed by atoms with E-state index >= 15 is 0 Å². The standard InChI is InChI=1S/C70H46N4O/c1-70(2)60-30-10-8-26-55(60)56-35-32-48(41-61(56)70)45-19-12-22-49(38-45)54-28-15-29-59-65-53-25-7-6-16-43(53)34-37-62(65)74(66(54)59)52-24-14-21-47(40-52)46-20-13-23-50(39-46)68-71-67(44-17-4-3-5-18-44)72-69(73-68)51-33-36-58-57-27-9-11-31-63(57)75-64(58)42-51/h3-42H,1-2H3. The minimum Gasteiger partial charge on any atom is -0.456 e. The van der Waals surface area contributed by atoms with Crippen LogP contribution in [0.5, 0.6) is 0 Å². The number of fused-ring (bicyclic) bond motifs is 11. The lowest BCUT2D eigenvalue weighted by atomic mass is 9.81. The second-order valence-corrected chi connectivity index (χ2v) is 20.3. The van der Waals surface area contributed by atoms with Crippen LogP contribution in [0.3, 0.4) is 0 Å². The summed E-state index contributed by atoms with van der Waals surface area (Å²) in [5.41, 5.74) is 20.0. The number of para-hydroxylation sites is 2. The van der Waals surface area contributed by atoms with E-state index in [1.54, 1.807) is 0 Å². The summed E-state index contributed by atoms with van der Waals surface area (Å²) < 4.78 is 8.79. The van der Waals surface area contributed by atoms with Crippen LogP contribution >= 0.6 is 0 Å². The Hall–Kier alpha value is -9.71. The Balaban J connectivity index is 0.861. The van der Waals surface area contributed by atoms with E-state index < -0.39 is 0 Å². The first-order valence-electron chi connectivity index (χ1n) is 25.7. The van der Waals surface area contributed by atoms with Gasteiger partial charge in [-0.3, -0.25) is 0 Å². The highest BCUT2D eigenvalue weighted by Crippen LogP contribution is 2.50. The van der Waals surface area contributed by atoms with Crippen molar-refractivity contribution in [3.8, 4) is 84.4 Å². The Morgan fingerprint density at radius 2 is 0.907 bits per heavy atom. The van der Waals surface area contributed by atoms with Gasteiger partial charge in [-0.25, -0.2) is 15.0 Å². The first-order chi connectivity index (χ1) is 36.9. The average Bonchev–Trinajstić information content (AvgIpc) is 4.12. The summed E-state index contributed by atoms with van der Waals surface area (Å²) in [7, 11) is 0. The fourth-order valence-corrected chi connectivity index (χ4v) is 12.0. The first kappa shape index (κ1) is 42.9. The maximum atomic E-state index is 6.32. The van der Waals surface area contributed by atoms with E-state index in [-0.39, 0.29) is 5.41 Å². The maximum Gasteiger partial charge on any atom is 0.164 e. The van der Waals surface area contributed by atoms with E-state index in [2.05, 4.69) is 206 Å². The van der Waals surface area contributed by atoms with Crippen molar-refractivity contribution in [1.29, 1.82) is 0 Å². The zero-order chi connectivity index (χ0) is 49.8. The Labute approximate surface area is 433 Å². The summed E-state index contributed by atoms with van der Waals surface area (Å²) >= 11 is 0. The highest BCUT2D eigenvalue weighted by Gasteiger charge is 2.35. The predicted octanol–water partition coefficient (Wildman–Crippen LogP) is 18.3. The fraction of sp³-hybridized carbons (Fsp3) is 0.0429. The topological polar surface area (TPSA) is 56.7 Å². The number of nitrogens with zero attached hydrogens (tertiary/aromatic N) is 4. The summed E-state index contributed by atoms with van der Waals surface area (Å²) in [6.07, 6.45) is 0. The lowest BCUT2D eigenvalue weighted by Gasteiger charge is -2.22. The average molecular weight is 959 g/mol. The van der Waals surface area contributed by atoms with Crippen LogP contribution in [0.2, 0.25) is 0 Å². The van der Waals surface area contributed by atoms with Crippen molar-refractivity contribution in [3.05, 3.63) is 254 Å². The molecule has 0 radical (unpaired) electrons. The molecule has 14 aromatic rings. The molecule has 75 heavy (non-hydrogen) atoms. The normalized spacial score (nSPS) is 12.8. The minimum atomic E-state index is -0.0831. The molecule has 352 valence electrons. The van der Waals surface area contributed by atoms with E-state index in [0.717, 1.165) is 61.0 Å². The van der Waals surface area contributed by atoms with Gasteiger partial charge in [-0.1, -0.05) is 202 Å². The largest absolute Gasteiger partial charge is 0.456 e. The van der Waals surface area contributed by atoms with E-state index in [1.165, 1.54) is 71.6 Å². The fourth-order valence-electron chi connectivity index (χ4n) is 12.0. The Bertz CT molecular complexity index is 4640. The highest BCUT2D eigenvalue weighted by molar-refractivity contribution is 6.23. The van der Waals surface area contributed by atoms with Crippen LogP contribution in [0, 0.1) is 0 Å². The zero-order valence-corrected chi connectivity index (χ0v) is 41.3. The van der Waals surface area contributed by atoms with Crippen LogP contribution in [0.1, 0.15) is 25.0 Å². The van der Waals surface area contributed by atoms with E-state index in [9.17, 15) is 0 Å². The van der Waals surface area contributed by atoms with Crippen LogP contribution < -0.4 is 0 Å². The van der Waals surface area contributed by atoms with Crippen LogP contribution in [0.25, 0.3) is 139 Å². The van der Waals surface area contributed by atoms with Crippen molar-refractivity contribution < 1.29 is 4.42 Å². The van der Waals surface area contributed by atoms with Crippen LogP contribution in [-0.4, -0.2) is 19.5 Å². The molecule has 1 aliphatic rings. The molecule has 15 rings (SSSR count). The molecule has 0 saturated carbocycles. The second-order valence-electron chi connectivity index (χ2n) is 20.3. The van der Waals surface area contributed by atoms with Gasteiger partial charge in [0.2, 0.25) is 0 Å². The Kier molecular flexibility index (Phi) is 9.54. The Morgan fingerprint density at radius 1 is 0.347 bits per heavy atom. The van der Waals surface area contributed by atoms with Gasteiger partial charge in [0.1, 0.15) is 11.2 Å². The van der Waals surface area contributed by atoms with Gasteiger partial charge >= 0.3 is 0 Å². The molecule has 0 fully saturated rings. The van der Waals surface area contributed by atoms with Gasteiger partial charge in [0.25, 0.3) is 0 Å². The molecule has 0 aliphatic heterocycles. The van der Waals surface area contributed by atoms with Crippen molar-refractivity contribution in [3.63, 3.8) is 0 Å². The number of hydrogen-bond acceptors (Lipinski definition) is 4. The summed E-state index contributed by atoms with van der Waals surface area (Å²) in [5, 5.41) is 7.06. The summed E-state index contributed by atoms with van der Waals surface area (Å²) in [4.78, 5) is 15.4. The molecule has 0 spiro atoms. The third-order valence-electron chi connectivity index (χ3n) is 15.6. The van der Waals surface area contributed by atoms with E-state index in [1.807, 2.05) is 54.6 Å². The van der Waals surface area contributed by atoms with Crippen molar-refractivity contribution in [1.82, 2.24) is 19.5 Å². The van der Waals surface area contributed by atoms with Crippen LogP contribution in [-0.2, 0) is 5.41 Å². The van der Waals surface area contributed by atoms with Crippen LogP contribution in [0.4, 0.5) is 0 Å². The zero-order valence-electron chi connectivity index (χ0n) is 41.3. The minimum absolute atomic E-state index is 0.0831. The van der Waals surface area contributed by atoms with Crippen molar-refractivity contribution in [2.75, 3.05) is 0 Å². The van der Waals surface area contributed by atoms with Crippen molar-refractivity contribution in [2.45, 2.75) is 19.3 Å². The van der Waals surface area contributed by atoms with Gasteiger partial charge in [0, 0.05) is 54.9 Å². The number of furan rings is 1. The third-order valence-corrected chi connectivity index (χ3v) is 15.6. The molecule has 0 N–H and O–H groups in total. The molecular weight excluding hydrogens is 913 g/mol. The molecule has 1 aliphatic carbocycles. The number of rotatable bonds is 7. The van der Waals surface area contributed by atoms with Gasteiger partial charge in [-0.05, 0) is 115 Å². The highest BCUT2D eigenvalue weighted by atomic mass is 16.3. The summed E-state index contributed by atoms with van der Waals surface area (Å²) in [6.45, 7) is 4.70. The van der Waals surface area contributed by atoms with Gasteiger partial charge in [-0.15, -0.1) is 0 Å². The Morgan fingerprint density at radius 3 is 1.75 bits per heavy atom. The van der Waals surface area contributed by atoms with Gasteiger partial charge in [-0.2, -0.15) is 0 Å². The molecule has 5 nitrogen and oxygen atoms in total. The molecule has 0 amide bonds. The monoisotopic (exact) mass is 958 g/mol. The molecule has 0 atom stereocenters. The molecule has 0 unspecified atom stereocenters. The van der Waals surface area contributed by atoms with E-state index in [4.69, 9.17) is 19.4 Å². The van der Waals surface area contributed by atoms with Crippen LogP contribution in [0.15, 0.2) is 247 Å². The molecule has 3 heterocycles. The summed E-state index contributed by atoms with van der Waals surface area (Å²) in [5.74, 6) is 1.78. The first-order valence-corrected chi connectivity index (χ1v) is 25.7. The van der Waals surface area contributed by atoms with Crippen molar-refractivity contribution in [2.24, 2.45) is 0 Å². The van der Waals surface area contributed by atoms with Gasteiger partial charge in [0.15, 0.2) is 17.5 Å². The third kappa shape index (κ3) is 6.89. The van der Waals surface area contributed by atoms with Crippen molar-refractivity contribution >= 4 is 54.5 Å². The predicted molar refractivity (Wildman–Crippen MR) is 309 cm³/mol. The quantitative estimate of drug-likeness (QED) is 0.160. The smallest absolute Gasteiger partial charge is 0.164 e. The molecule has 5 heteroatoms. The number of aromatic nitrogens is 4. The summed E-state index contributed by atoms with van der Waals surface area (Å²) in [6, 6.07) is 87.1. The SMILES string of the molecule is CC1(C)c2ccccc2-c2ccc(-c3cccc(-c4cccc5c6c7ccccc7ccc6n(-c6cccc(-c7cccc(-c8nc(-c9ccccc9)nc(-c9ccc%10c(c9)oc9ccccc9%10)n8)c7)c6)c45)c3)cc21. The van der Waals surface area contributed by atoms with E-state index in [0.29, 0.717) is 17.5 Å². The molecule has 11 aromatic carbocycles. The lowest BCUT2D eigenvalue weighted by molar-refractivity contribution is 0.660. The lowest BCUT2D eigenvalue weighted by Crippen LogP contribution is -2.14. The molecule has 0 saturated heterocycles. The molecular formula is C70H46N4O. The maximum absolute atomic E-state index is 6.32.